The first-order chi connectivity index (χ1) is 21.9. The van der Waals surface area contributed by atoms with Crippen molar-refractivity contribution in [3.63, 3.8) is 0 Å². The van der Waals surface area contributed by atoms with Gasteiger partial charge < -0.3 is 29.3 Å². The van der Waals surface area contributed by atoms with Crippen LogP contribution in [-0.4, -0.2) is 38.6 Å². The maximum absolute atomic E-state index is 14.2. The highest BCUT2D eigenvalue weighted by Crippen LogP contribution is 2.59. The highest BCUT2D eigenvalue weighted by atomic mass is 16.5. The van der Waals surface area contributed by atoms with Crippen LogP contribution >= 0.6 is 0 Å². The number of anilines is 1. The first-order valence-corrected chi connectivity index (χ1v) is 16.0. The average Bonchev–Trinajstić information content (AvgIpc) is 3.79. The first-order valence-electron chi connectivity index (χ1n) is 16.0. The molecule has 1 amide bonds. The summed E-state index contributed by atoms with van der Waals surface area (Å²) in [6, 6.07) is 13.3. The zero-order chi connectivity index (χ0) is 32.6. The Hall–Kier alpha value is -4.44. The zero-order valence-electron chi connectivity index (χ0n) is 27.1. The van der Waals surface area contributed by atoms with E-state index in [0.29, 0.717) is 41.1 Å². The van der Waals surface area contributed by atoms with Crippen molar-refractivity contribution in [2.45, 2.75) is 90.5 Å². The molecule has 5 heterocycles. The average molecular weight is 625 g/mol. The molecule has 46 heavy (non-hydrogen) atoms. The minimum absolute atomic E-state index is 0.107. The van der Waals surface area contributed by atoms with Gasteiger partial charge in [0.2, 0.25) is 17.7 Å². The van der Waals surface area contributed by atoms with E-state index in [1.54, 1.807) is 20.1 Å². The number of ketones is 1. The normalized spacial score (nSPS) is 23.4. The number of oxazole rings is 2. The minimum Gasteiger partial charge on any atom is -0.469 e. The Balaban J connectivity index is 1.49. The molecule has 0 saturated carbocycles. The Morgan fingerprint density at radius 1 is 1.07 bits per heavy atom. The number of ether oxygens (including phenoxy) is 1. The zero-order valence-corrected chi connectivity index (χ0v) is 27.1. The molecule has 4 bridgehead atoms. The summed E-state index contributed by atoms with van der Waals surface area (Å²) in [6.07, 6.45) is 1.75. The molecule has 240 valence electrons. The van der Waals surface area contributed by atoms with Gasteiger partial charge in [0, 0.05) is 23.6 Å². The molecule has 10 nitrogen and oxygen atoms in total. The molecule has 0 fully saturated rings. The number of para-hydroxylation sites is 1. The number of nitrogens with one attached hydrogen (secondary N) is 2. The topological polar surface area (TPSA) is 140 Å². The minimum atomic E-state index is -1.49. The Labute approximate surface area is 268 Å². The van der Waals surface area contributed by atoms with Crippen molar-refractivity contribution in [3.8, 4) is 17.3 Å². The fraction of sp³-hybridized carbons (Fsp3) is 0.444. The van der Waals surface area contributed by atoms with Crippen molar-refractivity contribution in [1.29, 1.82) is 0 Å². The molecule has 0 radical (unpaired) electrons. The quantitative estimate of drug-likeness (QED) is 0.236. The van der Waals surface area contributed by atoms with Crippen LogP contribution in [0.25, 0.3) is 11.6 Å². The van der Waals surface area contributed by atoms with Gasteiger partial charge in [0.05, 0.1) is 5.69 Å². The lowest BCUT2D eigenvalue weighted by atomic mass is 9.72. The SMILES string of the molecule is CCC(O)(CC)C(=O)C[C@H]1Cc2ccc3c(c2)[C@@]2(c4ccccc4NC2O3)c2oc(nc2-c2nc(C)co2)[C@H](C(C)(C)C)NC1=O. The van der Waals surface area contributed by atoms with Crippen LogP contribution in [0.5, 0.6) is 5.75 Å². The van der Waals surface area contributed by atoms with Gasteiger partial charge in [0.25, 0.3) is 0 Å². The van der Waals surface area contributed by atoms with Crippen molar-refractivity contribution in [2.24, 2.45) is 11.3 Å². The fourth-order valence-electron chi connectivity index (χ4n) is 7.20. The number of nitrogens with zero attached hydrogens (tertiary/aromatic N) is 2. The fourth-order valence-corrected chi connectivity index (χ4v) is 7.20. The summed E-state index contributed by atoms with van der Waals surface area (Å²) in [4.78, 5) is 37.4. The van der Waals surface area contributed by atoms with Crippen molar-refractivity contribution in [3.05, 3.63) is 82.8 Å². The Bertz CT molecular complexity index is 1850. The summed E-state index contributed by atoms with van der Waals surface area (Å²) in [5.41, 5.74) is 1.71. The van der Waals surface area contributed by atoms with Gasteiger partial charge in [-0.2, -0.15) is 0 Å². The number of carbonyl (C=O) groups excluding carboxylic acids is 2. The summed E-state index contributed by atoms with van der Waals surface area (Å²) in [5, 5.41) is 17.8. The molecule has 0 saturated heterocycles. The van der Waals surface area contributed by atoms with Gasteiger partial charge in [-0.05, 0) is 54.9 Å². The smallest absolute Gasteiger partial charge is 0.249 e. The van der Waals surface area contributed by atoms with Gasteiger partial charge in [-0.1, -0.05) is 65.0 Å². The lowest BCUT2D eigenvalue weighted by Gasteiger charge is -2.32. The summed E-state index contributed by atoms with van der Waals surface area (Å²) in [5.74, 6) is 0.394. The van der Waals surface area contributed by atoms with Gasteiger partial charge in [-0.3, -0.25) is 9.59 Å². The van der Waals surface area contributed by atoms with Gasteiger partial charge in [0.1, 0.15) is 29.1 Å². The second-order valence-electron chi connectivity index (χ2n) is 13.9. The van der Waals surface area contributed by atoms with Gasteiger partial charge in [-0.15, -0.1) is 0 Å². The molecule has 0 aliphatic carbocycles. The van der Waals surface area contributed by atoms with Crippen molar-refractivity contribution in [1.82, 2.24) is 15.3 Å². The van der Waals surface area contributed by atoms with Crippen LogP contribution in [0.4, 0.5) is 5.69 Å². The second kappa shape index (κ2) is 10.6. The molecule has 2 aromatic carbocycles. The van der Waals surface area contributed by atoms with E-state index < -0.39 is 34.6 Å². The highest BCUT2D eigenvalue weighted by Gasteiger charge is 2.61. The number of hydrogen-bond donors (Lipinski definition) is 3. The Morgan fingerprint density at radius 2 is 1.83 bits per heavy atom. The van der Waals surface area contributed by atoms with Gasteiger partial charge in [0.15, 0.2) is 23.5 Å². The monoisotopic (exact) mass is 624 g/mol. The molecule has 10 heteroatoms. The first kappa shape index (κ1) is 30.2. The third-order valence-corrected chi connectivity index (χ3v) is 9.94. The predicted molar refractivity (Wildman–Crippen MR) is 170 cm³/mol. The van der Waals surface area contributed by atoms with E-state index >= 15 is 0 Å². The van der Waals surface area contributed by atoms with Gasteiger partial charge in [-0.25, -0.2) is 9.97 Å². The lowest BCUT2D eigenvalue weighted by molar-refractivity contribution is -0.142. The number of Topliss-reactive ketones (excluding diaryl/α,β-unsaturated/α-hetero) is 1. The van der Waals surface area contributed by atoms with Crippen molar-refractivity contribution in [2.75, 3.05) is 5.32 Å². The standard InChI is InChI=1S/C36H40N4O6/c1-7-35(43,8-2)26(41)17-21-15-20-13-14-25-23(16-20)36(22-11-9-10-12-24(22)38-33(36)45-25)29-27(31-37-19(3)18-44-31)39-32(46-29)28(34(4,5)6)40-30(21)42/h9-14,16,18,21,28,33,38,43H,7-8,15,17H2,1-6H3,(H,40,42)/t21-,28-,33?,36+/m1/s1. The van der Waals surface area contributed by atoms with Crippen molar-refractivity contribution >= 4 is 17.4 Å². The molecule has 7 rings (SSSR count). The summed E-state index contributed by atoms with van der Waals surface area (Å²) in [6.45, 7) is 11.4. The summed E-state index contributed by atoms with van der Waals surface area (Å²) in [7, 11) is 0. The number of hydrogen-bond acceptors (Lipinski definition) is 9. The molecule has 3 aliphatic rings. The van der Waals surface area contributed by atoms with E-state index in [-0.39, 0.29) is 31.0 Å². The Morgan fingerprint density at radius 3 is 2.52 bits per heavy atom. The lowest BCUT2D eigenvalue weighted by Crippen LogP contribution is -2.44. The molecular formula is C36H40N4O6. The molecule has 1 spiro atoms. The number of amides is 1. The third-order valence-electron chi connectivity index (χ3n) is 9.94. The number of carbonyl (C=O) groups is 2. The molecule has 4 aromatic rings. The Kier molecular flexibility index (Phi) is 6.93. The maximum atomic E-state index is 14.2. The molecule has 3 aliphatic heterocycles. The number of aliphatic hydroxyl groups is 1. The summed E-state index contributed by atoms with van der Waals surface area (Å²) < 4.78 is 19.4. The van der Waals surface area contributed by atoms with E-state index in [4.69, 9.17) is 18.6 Å². The van der Waals surface area contributed by atoms with Crippen LogP contribution in [0, 0.1) is 18.3 Å². The van der Waals surface area contributed by atoms with E-state index in [0.717, 1.165) is 22.4 Å². The largest absolute Gasteiger partial charge is 0.469 e. The maximum Gasteiger partial charge on any atom is 0.249 e. The van der Waals surface area contributed by atoms with Crippen LogP contribution in [0.15, 0.2) is 57.6 Å². The van der Waals surface area contributed by atoms with Crippen LogP contribution in [0.1, 0.15) is 94.0 Å². The predicted octanol–water partition coefficient (Wildman–Crippen LogP) is 6.00. The van der Waals surface area contributed by atoms with Gasteiger partial charge >= 0.3 is 0 Å². The molecule has 3 N–H and O–H groups in total. The number of aryl methyl sites for hydroxylation is 1. The van der Waals surface area contributed by atoms with Crippen LogP contribution in [0.2, 0.25) is 0 Å². The van der Waals surface area contributed by atoms with E-state index in [9.17, 15) is 14.7 Å². The number of aromatic nitrogens is 2. The number of rotatable bonds is 6. The third kappa shape index (κ3) is 4.48. The summed E-state index contributed by atoms with van der Waals surface area (Å²) >= 11 is 0. The van der Waals surface area contributed by atoms with Crippen LogP contribution < -0.4 is 15.4 Å². The van der Waals surface area contributed by atoms with Crippen molar-refractivity contribution < 1.29 is 28.3 Å². The van der Waals surface area contributed by atoms with Crippen LogP contribution in [-0.2, 0) is 21.4 Å². The molecule has 4 atom stereocenters. The molecule has 2 aromatic heterocycles. The van der Waals surface area contributed by atoms with Crippen LogP contribution in [0.3, 0.4) is 0 Å². The number of fused-ring (bicyclic) bond motifs is 4. The van der Waals surface area contributed by atoms with E-state index in [2.05, 4.69) is 21.7 Å². The van der Waals surface area contributed by atoms with E-state index in [1.807, 2.05) is 64.1 Å². The molecular weight excluding hydrogens is 584 g/mol. The molecule has 1 unspecified atom stereocenters. The number of benzene rings is 2. The highest BCUT2D eigenvalue weighted by molar-refractivity contribution is 5.92. The second-order valence-corrected chi connectivity index (χ2v) is 13.9. The van der Waals surface area contributed by atoms with E-state index in [1.165, 1.54) is 0 Å².